The Hall–Kier alpha value is -2.37. The van der Waals surface area contributed by atoms with Gasteiger partial charge >= 0.3 is 0 Å². The SMILES string of the molecule is C/C=C(\C)[C@H](O[Si](C)(C)C(C)(C)C)/C(C)=C/c1c(O)c(-c2ccccc2)c[nH]c1=O. The number of aromatic amines is 1. The molecular formula is C25H35NO3Si. The predicted octanol–water partition coefficient (Wildman–Crippen LogP) is 6.51. The van der Waals surface area contributed by atoms with Crippen molar-refractivity contribution in [1.82, 2.24) is 4.98 Å². The molecule has 0 aliphatic heterocycles. The van der Waals surface area contributed by atoms with E-state index in [4.69, 9.17) is 4.43 Å². The average molecular weight is 426 g/mol. The second-order valence-corrected chi connectivity index (χ2v) is 14.1. The van der Waals surface area contributed by atoms with Crippen LogP contribution in [-0.4, -0.2) is 24.5 Å². The maximum Gasteiger partial charge on any atom is 0.258 e. The van der Waals surface area contributed by atoms with Crippen LogP contribution in [0.25, 0.3) is 17.2 Å². The molecule has 2 aromatic rings. The molecule has 1 atom stereocenters. The van der Waals surface area contributed by atoms with Gasteiger partial charge in [-0.25, -0.2) is 0 Å². The topological polar surface area (TPSA) is 62.3 Å². The third kappa shape index (κ3) is 5.21. The first-order valence-electron chi connectivity index (χ1n) is 10.4. The summed E-state index contributed by atoms with van der Waals surface area (Å²) in [5.74, 6) is -0.0199. The molecule has 0 unspecified atom stereocenters. The summed E-state index contributed by atoms with van der Waals surface area (Å²) in [6, 6.07) is 9.53. The molecule has 0 radical (unpaired) electrons. The second kappa shape index (κ2) is 9.19. The quantitative estimate of drug-likeness (QED) is 0.410. The van der Waals surface area contributed by atoms with Crippen LogP contribution in [0.2, 0.25) is 18.1 Å². The van der Waals surface area contributed by atoms with Crippen molar-refractivity contribution in [2.75, 3.05) is 0 Å². The highest BCUT2D eigenvalue weighted by atomic mass is 28.4. The molecule has 0 aliphatic carbocycles. The Labute approximate surface area is 181 Å². The number of rotatable bonds is 6. The van der Waals surface area contributed by atoms with E-state index in [1.807, 2.05) is 57.2 Å². The fourth-order valence-electron chi connectivity index (χ4n) is 2.98. The van der Waals surface area contributed by atoms with E-state index >= 15 is 0 Å². The summed E-state index contributed by atoms with van der Waals surface area (Å²) in [5, 5.41) is 11.0. The highest BCUT2D eigenvalue weighted by molar-refractivity contribution is 6.74. The van der Waals surface area contributed by atoms with Gasteiger partial charge in [-0.3, -0.25) is 4.79 Å². The van der Waals surface area contributed by atoms with E-state index in [2.05, 4.69) is 38.8 Å². The first kappa shape index (κ1) is 23.9. The van der Waals surface area contributed by atoms with E-state index in [1.54, 1.807) is 12.3 Å². The Bertz CT molecular complexity index is 995. The van der Waals surface area contributed by atoms with Gasteiger partial charge in [0.15, 0.2) is 8.32 Å². The van der Waals surface area contributed by atoms with Gasteiger partial charge < -0.3 is 14.5 Å². The number of benzene rings is 1. The molecule has 5 heteroatoms. The lowest BCUT2D eigenvalue weighted by molar-refractivity contribution is 0.246. The van der Waals surface area contributed by atoms with Gasteiger partial charge in [-0.2, -0.15) is 0 Å². The third-order valence-electron chi connectivity index (χ3n) is 6.06. The smallest absolute Gasteiger partial charge is 0.258 e. The lowest BCUT2D eigenvalue weighted by Crippen LogP contribution is -2.44. The van der Waals surface area contributed by atoms with Crippen LogP contribution in [-0.2, 0) is 4.43 Å². The van der Waals surface area contributed by atoms with Crippen LogP contribution in [0.15, 0.2) is 58.5 Å². The van der Waals surface area contributed by atoms with Crippen LogP contribution < -0.4 is 5.56 Å². The van der Waals surface area contributed by atoms with Crippen LogP contribution in [0.5, 0.6) is 5.75 Å². The molecule has 0 amide bonds. The number of nitrogens with one attached hydrogen (secondary N) is 1. The summed E-state index contributed by atoms with van der Waals surface area (Å²) in [5.41, 5.74) is 3.35. The van der Waals surface area contributed by atoms with Crippen LogP contribution in [0.4, 0.5) is 0 Å². The lowest BCUT2D eigenvalue weighted by Gasteiger charge is -2.40. The summed E-state index contributed by atoms with van der Waals surface area (Å²) in [6.45, 7) is 17.1. The number of hydrogen-bond acceptors (Lipinski definition) is 3. The number of H-pyrrole nitrogens is 1. The zero-order valence-electron chi connectivity index (χ0n) is 19.5. The van der Waals surface area contributed by atoms with Gasteiger partial charge in [-0.15, -0.1) is 0 Å². The van der Waals surface area contributed by atoms with E-state index < -0.39 is 8.32 Å². The van der Waals surface area contributed by atoms with Crippen molar-refractivity contribution >= 4 is 14.4 Å². The van der Waals surface area contributed by atoms with Crippen molar-refractivity contribution in [3.63, 3.8) is 0 Å². The third-order valence-corrected chi connectivity index (χ3v) is 10.5. The van der Waals surface area contributed by atoms with Crippen molar-refractivity contribution < 1.29 is 9.53 Å². The zero-order valence-corrected chi connectivity index (χ0v) is 20.5. The summed E-state index contributed by atoms with van der Waals surface area (Å²) in [4.78, 5) is 15.3. The van der Waals surface area contributed by atoms with E-state index in [9.17, 15) is 9.90 Å². The maximum atomic E-state index is 12.6. The largest absolute Gasteiger partial charge is 0.506 e. The van der Waals surface area contributed by atoms with E-state index in [-0.39, 0.29) is 28.0 Å². The zero-order chi connectivity index (χ0) is 22.7. The van der Waals surface area contributed by atoms with Gasteiger partial charge in [0.05, 0.1) is 11.7 Å². The Balaban J connectivity index is 2.55. The monoisotopic (exact) mass is 425 g/mol. The van der Waals surface area contributed by atoms with E-state index in [0.717, 1.165) is 16.7 Å². The van der Waals surface area contributed by atoms with Gasteiger partial charge in [0.2, 0.25) is 0 Å². The van der Waals surface area contributed by atoms with Gasteiger partial charge in [0.25, 0.3) is 5.56 Å². The number of aromatic hydroxyl groups is 1. The molecule has 0 fully saturated rings. The molecule has 2 N–H and O–H groups in total. The molecule has 30 heavy (non-hydrogen) atoms. The molecule has 0 saturated carbocycles. The molecular weight excluding hydrogens is 390 g/mol. The fourth-order valence-corrected chi connectivity index (χ4v) is 4.29. The van der Waals surface area contributed by atoms with Crippen LogP contribution in [0, 0.1) is 0 Å². The Kier molecular flexibility index (Phi) is 7.32. The van der Waals surface area contributed by atoms with Gasteiger partial charge in [-0.1, -0.05) is 57.2 Å². The molecule has 4 nitrogen and oxygen atoms in total. The highest BCUT2D eigenvalue weighted by Gasteiger charge is 2.39. The summed E-state index contributed by atoms with van der Waals surface area (Å²) < 4.78 is 6.69. The fraction of sp³-hybridized carbons (Fsp3) is 0.400. The van der Waals surface area contributed by atoms with Crippen molar-refractivity contribution in [3.05, 3.63) is 69.7 Å². The minimum Gasteiger partial charge on any atom is -0.506 e. The molecule has 0 aliphatic rings. The first-order valence-corrected chi connectivity index (χ1v) is 13.3. The number of allylic oxidation sites excluding steroid dienone is 1. The second-order valence-electron chi connectivity index (χ2n) is 9.34. The Morgan fingerprint density at radius 1 is 1.13 bits per heavy atom. The predicted molar refractivity (Wildman–Crippen MR) is 129 cm³/mol. The summed E-state index contributed by atoms with van der Waals surface area (Å²) >= 11 is 0. The van der Waals surface area contributed by atoms with Crippen LogP contribution in [0.1, 0.15) is 47.1 Å². The van der Waals surface area contributed by atoms with Crippen molar-refractivity contribution in [2.45, 2.75) is 65.8 Å². The van der Waals surface area contributed by atoms with Crippen LogP contribution >= 0.6 is 0 Å². The summed E-state index contributed by atoms with van der Waals surface area (Å²) in [6.07, 6.45) is 5.11. The van der Waals surface area contributed by atoms with Crippen molar-refractivity contribution in [1.29, 1.82) is 0 Å². The Morgan fingerprint density at radius 3 is 2.27 bits per heavy atom. The molecule has 0 spiro atoms. The minimum absolute atomic E-state index is 0.0199. The molecule has 1 heterocycles. The molecule has 162 valence electrons. The van der Waals surface area contributed by atoms with Crippen molar-refractivity contribution in [2.24, 2.45) is 0 Å². The van der Waals surface area contributed by atoms with Gasteiger partial charge in [0, 0.05) is 11.8 Å². The lowest BCUT2D eigenvalue weighted by atomic mass is 9.99. The van der Waals surface area contributed by atoms with E-state index in [1.165, 1.54) is 0 Å². The molecule has 0 bridgehead atoms. The highest BCUT2D eigenvalue weighted by Crippen LogP contribution is 2.39. The van der Waals surface area contributed by atoms with Crippen LogP contribution in [0.3, 0.4) is 0 Å². The number of pyridine rings is 1. The van der Waals surface area contributed by atoms with Gasteiger partial charge in [-0.05, 0) is 61.7 Å². The summed E-state index contributed by atoms with van der Waals surface area (Å²) in [7, 11) is -2.05. The normalized spacial score (nSPS) is 14.7. The maximum absolute atomic E-state index is 12.6. The standard InChI is InChI=1S/C25H35NO3Si/c1-9-17(2)23(29-30(7,8)25(4,5)6)18(3)15-20-22(27)21(16-26-24(20)28)19-13-11-10-12-14-19/h9-16,23H,1-8H3,(H2,26,27,28)/b17-9+,18-15+/t23-/m0/s1. The molecule has 1 aromatic heterocycles. The molecule has 1 aromatic carbocycles. The molecule has 0 saturated heterocycles. The van der Waals surface area contributed by atoms with Crippen molar-refractivity contribution in [3.8, 4) is 16.9 Å². The first-order chi connectivity index (χ1) is 13.9. The number of aromatic nitrogens is 1. The number of hydrogen-bond donors (Lipinski definition) is 2. The average Bonchev–Trinajstić information content (AvgIpc) is 2.68. The minimum atomic E-state index is -2.05. The van der Waals surface area contributed by atoms with E-state index in [0.29, 0.717) is 5.56 Å². The Morgan fingerprint density at radius 2 is 1.73 bits per heavy atom. The van der Waals surface area contributed by atoms with Gasteiger partial charge in [0.1, 0.15) is 5.75 Å². The molecule has 2 rings (SSSR count).